The van der Waals surface area contributed by atoms with Crippen molar-refractivity contribution in [2.75, 3.05) is 6.61 Å². The number of aliphatic hydroxyl groups is 2. The number of rotatable bonds is 54. The van der Waals surface area contributed by atoms with E-state index in [0.29, 0.717) is 6.42 Å². The molecule has 4 nitrogen and oxygen atoms in total. The first-order chi connectivity index (χ1) is 31.7. The topological polar surface area (TPSA) is 69.6 Å². The Balaban J connectivity index is 3.49. The number of nitrogens with one attached hydrogen (secondary N) is 1. The zero-order valence-electron chi connectivity index (χ0n) is 43.6. The van der Waals surface area contributed by atoms with Crippen LogP contribution in [0, 0.1) is 0 Å². The van der Waals surface area contributed by atoms with Crippen molar-refractivity contribution in [2.24, 2.45) is 0 Å². The molecule has 4 heteroatoms. The molecule has 0 bridgehead atoms. The standard InChI is InChI=1S/C60H115NO3/c1-3-5-7-9-11-13-15-17-19-21-23-25-27-28-29-30-31-32-34-36-38-40-42-44-46-48-50-52-54-56-60(64)61-58(57-62)59(63)55-53-51-49-47-45-43-41-39-37-35-33-26-24-22-20-18-16-14-12-10-8-6-4-2/h21,23,45,47,53,55,58-59,62-63H,3-20,22,24-44,46,48-52,54,56-57H2,1-2H3,(H,61,64)/b23-21-,47-45+,55-53+. The quantitative estimate of drug-likeness (QED) is 0.0421. The van der Waals surface area contributed by atoms with Crippen LogP contribution in [0.5, 0.6) is 0 Å². The fourth-order valence-corrected chi connectivity index (χ4v) is 9.13. The fraction of sp³-hybridized carbons (Fsp3) is 0.883. The van der Waals surface area contributed by atoms with Gasteiger partial charge in [-0.3, -0.25) is 4.79 Å². The van der Waals surface area contributed by atoms with Gasteiger partial charge in [-0.15, -0.1) is 0 Å². The molecular formula is C60H115NO3. The molecule has 0 aromatic heterocycles. The van der Waals surface area contributed by atoms with Gasteiger partial charge in [-0.2, -0.15) is 0 Å². The highest BCUT2D eigenvalue weighted by molar-refractivity contribution is 5.76. The summed E-state index contributed by atoms with van der Waals surface area (Å²) in [5.74, 6) is -0.0681. The molecular weight excluding hydrogens is 783 g/mol. The van der Waals surface area contributed by atoms with Gasteiger partial charge in [0.05, 0.1) is 18.8 Å². The summed E-state index contributed by atoms with van der Waals surface area (Å²) in [4.78, 5) is 12.5. The van der Waals surface area contributed by atoms with Crippen LogP contribution in [-0.2, 0) is 4.79 Å². The van der Waals surface area contributed by atoms with E-state index in [9.17, 15) is 15.0 Å². The van der Waals surface area contributed by atoms with Crippen molar-refractivity contribution < 1.29 is 15.0 Å². The molecule has 3 N–H and O–H groups in total. The van der Waals surface area contributed by atoms with Crippen LogP contribution in [0.1, 0.15) is 322 Å². The summed E-state index contributed by atoms with van der Waals surface area (Å²) in [7, 11) is 0. The fourth-order valence-electron chi connectivity index (χ4n) is 9.13. The van der Waals surface area contributed by atoms with Crippen molar-refractivity contribution in [3.05, 3.63) is 36.5 Å². The molecule has 0 aliphatic heterocycles. The minimum Gasteiger partial charge on any atom is -0.394 e. The van der Waals surface area contributed by atoms with Gasteiger partial charge in [0, 0.05) is 6.42 Å². The number of amides is 1. The Hall–Kier alpha value is -1.39. The van der Waals surface area contributed by atoms with Gasteiger partial charge in [-0.05, 0) is 57.8 Å². The van der Waals surface area contributed by atoms with Crippen LogP contribution >= 0.6 is 0 Å². The number of hydrogen-bond acceptors (Lipinski definition) is 3. The van der Waals surface area contributed by atoms with E-state index in [4.69, 9.17) is 0 Å². The third-order valence-electron chi connectivity index (χ3n) is 13.6. The van der Waals surface area contributed by atoms with E-state index in [0.717, 1.165) is 32.1 Å². The zero-order chi connectivity index (χ0) is 46.3. The number of allylic oxidation sites excluding steroid dienone is 5. The largest absolute Gasteiger partial charge is 0.394 e. The molecule has 0 aliphatic carbocycles. The lowest BCUT2D eigenvalue weighted by Gasteiger charge is -2.19. The van der Waals surface area contributed by atoms with Crippen molar-refractivity contribution in [3.63, 3.8) is 0 Å². The van der Waals surface area contributed by atoms with Gasteiger partial charge < -0.3 is 15.5 Å². The Kier molecular flexibility index (Phi) is 54.7. The Bertz CT molecular complexity index is 974. The maximum absolute atomic E-state index is 12.5. The third-order valence-corrected chi connectivity index (χ3v) is 13.6. The molecule has 1 amide bonds. The second kappa shape index (κ2) is 55.9. The Morgan fingerprint density at radius 2 is 0.609 bits per heavy atom. The van der Waals surface area contributed by atoms with Crippen molar-refractivity contribution in [1.82, 2.24) is 5.32 Å². The smallest absolute Gasteiger partial charge is 0.220 e. The maximum Gasteiger partial charge on any atom is 0.220 e. The number of unbranched alkanes of at least 4 members (excludes halogenated alkanes) is 43. The average Bonchev–Trinajstić information content (AvgIpc) is 3.30. The summed E-state index contributed by atoms with van der Waals surface area (Å²) in [5.41, 5.74) is 0. The minimum atomic E-state index is -0.862. The SMILES string of the molecule is CCCCCCCCCC/C=C\CCCCCCCCCCCCCCCCCCCC(=O)NC(CO)C(O)/C=C/CC/C=C/CCCCCCCCCCCCCCCCCCC. The number of aliphatic hydroxyl groups excluding tert-OH is 2. The summed E-state index contributed by atoms with van der Waals surface area (Å²) in [5, 5.41) is 23.2. The molecule has 0 aromatic carbocycles. The van der Waals surface area contributed by atoms with Crippen molar-refractivity contribution in [2.45, 2.75) is 334 Å². The first-order valence-corrected chi connectivity index (χ1v) is 29.2. The van der Waals surface area contributed by atoms with E-state index in [2.05, 4.69) is 43.5 Å². The molecule has 64 heavy (non-hydrogen) atoms. The van der Waals surface area contributed by atoms with Gasteiger partial charge in [0.15, 0.2) is 0 Å². The van der Waals surface area contributed by atoms with Crippen molar-refractivity contribution in [3.8, 4) is 0 Å². The highest BCUT2D eigenvalue weighted by atomic mass is 16.3. The first kappa shape index (κ1) is 62.6. The first-order valence-electron chi connectivity index (χ1n) is 29.2. The van der Waals surface area contributed by atoms with E-state index >= 15 is 0 Å². The predicted molar refractivity (Wildman–Crippen MR) is 285 cm³/mol. The lowest BCUT2D eigenvalue weighted by atomic mass is 10.0. The van der Waals surface area contributed by atoms with E-state index in [1.54, 1.807) is 6.08 Å². The van der Waals surface area contributed by atoms with Gasteiger partial charge in [0.25, 0.3) is 0 Å². The van der Waals surface area contributed by atoms with E-state index in [1.165, 1.54) is 270 Å². The van der Waals surface area contributed by atoms with Gasteiger partial charge in [-0.1, -0.05) is 294 Å². The zero-order valence-corrected chi connectivity index (χ0v) is 43.6. The molecule has 0 heterocycles. The molecule has 0 radical (unpaired) electrons. The van der Waals surface area contributed by atoms with Crippen LogP contribution in [-0.4, -0.2) is 34.9 Å². The van der Waals surface area contributed by atoms with Crippen LogP contribution in [0.15, 0.2) is 36.5 Å². The highest BCUT2D eigenvalue weighted by Crippen LogP contribution is 2.17. The number of carbonyl (C=O) groups excluding carboxylic acids is 1. The Morgan fingerprint density at radius 3 is 0.906 bits per heavy atom. The lowest BCUT2D eigenvalue weighted by Crippen LogP contribution is -2.45. The summed E-state index contributed by atoms with van der Waals surface area (Å²) in [6.45, 7) is 4.33. The number of hydrogen-bond donors (Lipinski definition) is 3. The van der Waals surface area contributed by atoms with E-state index in [1.807, 2.05) is 6.08 Å². The van der Waals surface area contributed by atoms with Gasteiger partial charge in [-0.25, -0.2) is 0 Å². The predicted octanol–water partition coefficient (Wildman–Crippen LogP) is 19.3. The lowest BCUT2D eigenvalue weighted by molar-refractivity contribution is -0.123. The summed E-state index contributed by atoms with van der Waals surface area (Å²) in [6, 6.07) is -0.638. The van der Waals surface area contributed by atoms with Gasteiger partial charge in [0.1, 0.15) is 0 Å². The Labute approximate surface area is 402 Å². The second-order valence-corrected chi connectivity index (χ2v) is 20.1. The summed E-state index contributed by atoms with van der Waals surface area (Å²) >= 11 is 0. The van der Waals surface area contributed by atoms with Gasteiger partial charge >= 0.3 is 0 Å². The highest BCUT2D eigenvalue weighted by Gasteiger charge is 2.18. The maximum atomic E-state index is 12.5. The van der Waals surface area contributed by atoms with E-state index in [-0.39, 0.29) is 12.5 Å². The van der Waals surface area contributed by atoms with E-state index < -0.39 is 12.1 Å². The Morgan fingerprint density at radius 1 is 0.359 bits per heavy atom. The van der Waals surface area contributed by atoms with Crippen LogP contribution in [0.25, 0.3) is 0 Å². The molecule has 0 spiro atoms. The van der Waals surface area contributed by atoms with Crippen LogP contribution in [0.2, 0.25) is 0 Å². The molecule has 0 aromatic rings. The monoisotopic (exact) mass is 898 g/mol. The molecule has 0 fully saturated rings. The molecule has 378 valence electrons. The van der Waals surface area contributed by atoms with Crippen LogP contribution in [0.3, 0.4) is 0 Å². The number of carbonyl (C=O) groups is 1. The third kappa shape index (κ3) is 51.6. The molecule has 0 rings (SSSR count). The average molecular weight is 899 g/mol. The molecule has 2 unspecified atom stereocenters. The molecule has 0 saturated heterocycles. The van der Waals surface area contributed by atoms with Crippen molar-refractivity contribution in [1.29, 1.82) is 0 Å². The van der Waals surface area contributed by atoms with Crippen molar-refractivity contribution >= 4 is 5.91 Å². The van der Waals surface area contributed by atoms with Gasteiger partial charge in [0.2, 0.25) is 5.91 Å². The summed E-state index contributed by atoms with van der Waals surface area (Å²) in [6.07, 6.45) is 76.1. The normalized spacial score (nSPS) is 13.0. The minimum absolute atomic E-state index is 0.0681. The molecule has 2 atom stereocenters. The van der Waals surface area contributed by atoms with Crippen LogP contribution in [0.4, 0.5) is 0 Å². The molecule has 0 saturated carbocycles. The summed E-state index contributed by atoms with van der Waals surface area (Å²) < 4.78 is 0. The molecule has 0 aliphatic rings. The van der Waals surface area contributed by atoms with Crippen LogP contribution < -0.4 is 5.32 Å². The second-order valence-electron chi connectivity index (χ2n) is 20.1.